The number of piperazine rings is 1. The highest BCUT2D eigenvalue weighted by molar-refractivity contribution is 7.89. The molecule has 0 unspecified atom stereocenters. The highest BCUT2D eigenvalue weighted by Crippen LogP contribution is 2.32. The van der Waals surface area contributed by atoms with E-state index in [1.807, 2.05) is 37.3 Å². The van der Waals surface area contributed by atoms with Crippen LogP contribution in [0.25, 0.3) is 16.9 Å². The summed E-state index contributed by atoms with van der Waals surface area (Å²) in [5.74, 6) is 1.37. The molecule has 1 fully saturated rings. The highest BCUT2D eigenvalue weighted by Gasteiger charge is 2.31. The van der Waals surface area contributed by atoms with E-state index >= 15 is 0 Å². The second kappa shape index (κ2) is 8.40. The maximum Gasteiger partial charge on any atom is 0.254 e. The van der Waals surface area contributed by atoms with Crippen molar-refractivity contribution in [3.05, 3.63) is 71.1 Å². The van der Waals surface area contributed by atoms with Gasteiger partial charge in [0.05, 0.1) is 4.90 Å². The van der Waals surface area contributed by atoms with Gasteiger partial charge in [-0.1, -0.05) is 41.9 Å². The molecular weight excluding hydrogens is 460 g/mol. The third-order valence-electron chi connectivity index (χ3n) is 5.98. The Labute approximate surface area is 197 Å². The fourth-order valence-corrected chi connectivity index (χ4v) is 6.14. The van der Waals surface area contributed by atoms with E-state index in [4.69, 9.17) is 11.6 Å². The normalized spacial score (nSPS) is 15.3. The number of sulfonamides is 1. The number of anilines is 1. The topological polar surface area (TPSA) is 83.7 Å². The summed E-state index contributed by atoms with van der Waals surface area (Å²) in [7, 11) is -3.63. The van der Waals surface area contributed by atoms with Crippen molar-refractivity contribution in [1.82, 2.24) is 23.9 Å². The molecule has 2 aromatic heterocycles. The van der Waals surface area contributed by atoms with Crippen molar-refractivity contribution in [2.24, 2.45) is 0 Å². The van der Waals surface area contributed by atoms with Crippen LogP contribution in [0.15, 0.2) is 59.9 Å². The van der Waals surface area contributed by atoms with Gasteiger partial charge in [0, 0.05) is 43.0 Å². The zero-order chi connectivity index (χ0) is 23.2. The van der Waals surface area contributed by atoms with E-state index in [9.17, 15) is 8.42 Å². The molecule has 1 aliphatic heterocycles. The van der Waals surface area contributed by atoms with Gasteiger partial charge < -0.3 is 4.90 Å². The second-order valence-electron chi connectivity index (χ2n) is 8.09. The molecule has 0 bridgehead atoms. The van der Waals surface area contributed by atoms with Crippen LogP contribution in [0.4, 0.5) is 5.82 Å². The molecule has 33 heavy (non-hydrogen) atoms. The van der Waals surface area contributed by atoms with Gasteiger partial charge in [-0.15, -0.1) is 0 Å². The molecule has 0 aliphatic carbocycles. The first-order valence-electron chi connectivity index (χ1n) is 10.6. The van der Waals surface area contributed by atoms with Crippen LogP contribution in [0.3, 0.4) is 0 Å². The summed E-state index contributed by atoms with van der Waals surface area (Å²) < 4.78 is 30.1. The number of nitrogens with zero attached hydrogens (tertiary/aromatic N) is 6. The number of rotatable bonds is 4. The molecule has 0 spiro atoms. The van der Waals surface area contributed by atoms with Gasteiger partial charge in [-0.3, -0.25) is 0 Å². The molecule has 4 aromatic rings. The lowest BCUT2D eigenvalue weighted by atomic mass is 10.1. The minimum absolute atomic E-state index is 0.311. The average Bonchev–Trinajstić information content (AvgIpc) is 3.30. The minimum Gasteiger partial charge on any atom is -0.353 e. The molecule has 10 heteroatoms. The predicted molar refractivity (Wildman–Crippen MR) is 128 cm³/mol. The van der Waals surface area contributed by atoms with Crippen molar-refractivity contribution in [3.8, 4) is 11.1 Å². The van der Waals surface area contributed by atoms with Crippen molar-refractivity contribution in [2.45, 2.75) is 18.7 Å². The average molecular weight is 483 g/mol. The van der Waals surface area contributed by atoms with Crippen LogP contribution in [0.5, 0.6) is 0 Å². The van der Waals surface area contributed by atoms with E-state index < -0.39 is 10.0 Å². The number of halogens is 1. The molecule has 0 saturated carbocycles. The first kappa shape index (κ1) is 21.8. The van der Waals surface area contributed by atoms with E-state index in [0.29, 0.717) is 47.4 Å². The van der Waals surface area contributed by atoms with E-state index in [0.717, 1.165) is 22.5 Å². The van der Waals surface area contributed by atoms with Crippen molar-refractivity contribution >= 4 is 33.2 Å². The monoisotopic (exact) mass is 482 g/mol. The Morgan fingerprint density at radius 2 is 1.67 bits per heavy atom. The Bertz CT molecular complexity index is 1430. The first-order valence-corrected chi connectivity index (χ1v) is 12.4. The second-order valence-corrected chi connectivity index (χ2v) is 10.4. The van der Waals surface area contributed by atoms with Crippen molar-refractivity contribution < 1.29 is 8.42 Å². The summed E-state index contributed by atoms with van der Waals surface area (Å²) in [6, 6.07) is 13.3. The van der Waals surface area contributed by atoms with Gasteiger partial charge in [0.15, 0.2) is 0 Å². The van der Waals surface area contributed by atoms with E-state index in [1.54, 1.807) is 34.1 Å². The van der Waals surface area contributed by atoms with Crippen LogP contribution in [-0.4, -0.2) is 58.5 Å². The van der Waals surface area contributed by atoms with E-state index in [-0.39, 0.29) is 0 Å². The van der Waals surface area contributed by atoms with Gasteiger partial charge in [-0.05, 0) is 42.7 Å². The zero-order valence-corrected chi connectivity index (χ0v) is 19.9. The fourth-order valence-electron chi connectivity index (χ4n) is 4.20. The summed E-state index contributed by atoms with van der Waals surface area (Å²) in [4.78, 5) is 11.1. The summed E-state index contributed by atoms with van der Waals surface area (Å²) in [6.07, 6.45) is 3.28. The lowest BCUT2D eigenvalue weighted by Gasteiger charge is -2.36. The minimum atomic E-state index is -3.63. The van der Waals surface area contributed by atoms with E-state index in [2.05, 4.69) is 20.0 Å². The summed E-state index contributed by atoms with van der Waals surface area (Å²) in [6.45, 7) is 5.34. The number of hydrogen-bond acceptors (Lipinski definition) is 6. The number of fused-ring (bicyclic) bond motifs is 1. The molecule has 5 rings (SSSR count). The van der Waals surface area contributed by atoms with Crippen LogP contribution in [0, 0.1) is 13.8 Å². The largest absolute Gasteiger partial charge is 0.353 e. The van der Waals surface area contributed by atoms with Crippen LogP contribution >= 0.6 is 11.6 Å². The first-order chi connectivity index (χ1) is 15.9. The molecule has 0 radical (unpaired) electrons. The molecule has 0 amide bonds. The van der Waals surface area contributed by atoms with Gasteiger partial charge >= 0.3 is 0 Å². The summed E-state index contributed by atoms with van der Waals surface area (Å²) in [5, 5.41) is 4.95. The lowest BCUT2D eigenvalue weighted by Crippen LogP contribution is -2.49. The lowest BCUT2D eigenvalue weighted by molar-refractivity contribution is 0.383. The zero-order valence-electron chi connectivity index (χ0n) is 18.3. The Morgan fingerprint density at radius 1 is 0.939 bits per heavy atom. The number of aromatic nitrogens is 4. The quantitative estimate of drug-likeness (QED) is 0.442. The Hall–Kier alpha value is -3.01. The predicted octanol–water partition coefficient (Wildman–Crippen LogP) is 3.57. The maximum atomic E-state index is 13.4. The number of benzene rings is 2. The third-order valence-corrected chi connectivity index (χ3v) is 8.43. The van der Waals surface area contributed by atoms with Crippen molar-refractivity contribution in [2.75, 3.05) is 31.1 Å². The Kier molecular flexibility index (Phi) is 5.55. The molecule has 1 aliphatic rings. The number of hydrogen-bond donors (Lipinski definition) is 0. The molecular formula is C23H23ClN6O2S. The van der Waals surface area contributed by atoms with Gasteiger partial charge in [0.2, 0.25) is 10.0 Å². The van der Waals surface area contributed by atoms with Gasteiger partial charge in [0.25, 0.3) is 5.78 Å². The SMILES string of the molecule is Cc1cc(S(=O)(=O)N2CCN(c3c(-c4ccccc4)cnc4ncnn34)CC2)c(C)cc1Cl. The standard InChI is InChI=1S/C23H23ClN6O2S/c1-16-13-21(17(2)12-20(16)24)33(31,32)29-10-8-28(9-11-29)22-19(18-6-4-3-5-7-18)14-25-23-26-15-27-30(22)23/h3-7,12-15H,8-11H2,1-2H3. The fraction of sp³-hybridized carbons (Fsp3) is 0.261. The molecule has 2 aromatic carbocycles. The number of aryl methyl sites for hydroxylation is 2. The van der Waals surface area contributed by atoms with E-state index in [1.165, 1.54) is 6.33 Å². The smallest absolute Gasteiger partial charge is 0.254 e. The van der Waals surface area contributed by atoms with Gasteiger partial charge in [0.1, 0.15) is 12.1 Å². The molecule has 8 nitrogen and oxygen atoms in total. The van der Waals surface area contributed by atoms with Crippen molar-refractivity contribution in [1.29, 1.82) is 0 Å². The van der Waals surface area contributed by atoms with Crippen molar-refractivity contribution in [3.63, 3.8) is 0 Å². The van der Waals surface area contributed by atoms with Crippen LogP contribution in [0.1, 0.15) is 11.1 Å². The summed E-state index contributed by atoms with van der Waals surface area (Å²) in [5.41, 5.74) is 3.34. The summed E-state index contributed by atoms with van der Waals surface area (Å²) >= 11 is 6.18. The van der Waals surface area contributed by atoms with Crippen LogP contribution in [-0.2, 0) is 10.0 Å². The molecule has 0 N–H and O–H groups in total. The van der Waals surface area contributed by atoms with Crippen LogP contribution < -0.4 is 4.90 Å². The van der Waals surface area contributed by atoms with Crippen LogP contribution in [0.2, 0.25) is 5.02 Å². The molecule has 3 heterocycles. The maximum absolute atomic E-state index is 13.4. The molecule has 1 saturated heterocycles. The van der Waals surface area contributed by atoms with Gasteiger partial charge in [-0.25, -0.2) is 13.4 Å². The molecule has 0 atom stereocenters. The van der Waals surface area contributed by atoms with Gasteiger partial charge in [-0.2, -0.15) is 18.9 Å². The third kappa shape index (κ3) is 3.86. The molecule has 170 valence electrons. The Morgan fingerprint density at radius 3 is 2.39 bits per heavy atom. The highest BCUT2D eigenvalue weighted by atomic mass is 35.5. The Balaban J connectivity index is 1.47.